The molecule has 0 saturated heterocycles. The number of fused-ring (bicyclic) bond motifs is 1. The quantitative estimate of drug-likeness (QED) is 0.860. The van der Waals surface area contributed by atoms with Crippen molar-refractivity contribution in [3.63, 3.8) is 0 Å². The van der Waals surface area contributed by atoms with Gasteiger partial charge in [-0.3, -0.25) is 0 Å². The molecule has 1 atom stereocenters. The molecule has 0 aliphatic carbocycles. The Morgan fingerprint density at radius 1 is 1.26 bits per heavy atom. The summed E-state index contributed by atoms with van der Waals surface area (Å²) < 4.78 is 16.4. The smallest absolute Gasteiger partial charge is 0.231 e. The lowest BCUT2D eigenvalue weighted by molar-refractivity contribution is 0.0887. The Hall–Kier alpha value is -1.42. The number of benzene rings is 1. The molecule has 1 aliphatic heterocycles. The first-order chi connectivity index (χ1) is 9.10. The van der Waals surface area contributed by atoms with Crippen LogP contribution in [-0.4, -0.2) is 24.6 Å². The van der Waals surface area contributed by atoms with Gasteiger partial charge in [0.15, 0.2) is 11.5 Å². The van der Waals surface area contributed by atoms with Gasteiger partial charge in [0.1, 0.15) is 12.4 Å². The first-order valence-electron chi connectivity index (χ1n) is 6.83. The van der Waals surface area contributed by atoms with Crippen molar-refractivity contribution in [2.45, 2.75) is 39.7 Å². The van der Waals surface area contributed by atoms with Crippen LogP contribution in [0.2, 0.25) is 0 Å². The van der Waals surface area contributed by atoms with Gasteiger partial charge in [0, 0.05) is 6.07 Å². The van der Waals surface area contributed by atoms with Gasteiger partial charge in [-0.2, -0.15) is 0 Å². The van der Waals surface area contributed by atoms with E-state index in [1.54, 1.807) is 0 Å². The van der Waals surface area contributed by atoms with E-state index in [0.717, 1.165) is 29.9 Å². The van der Waals surface area contributed by atoms with Crippen LogP contribution < -0.4 is 14.2 Å². The van der Waals surface area contributed by atoms with Gasteiger partial charge in [0.25, 0.3) is 0 Å². The van der Waals surface area contributed by atoms with Crippen molar-refractivity contribution in [1.82, 2.24) is 0 Å². The summed E-state index contributed by atoms with van der Waals surface area (Å²) in [5, 5.41) is 9.86. The number of aliphatic hydroxyl groups excluding tert-OH is 1. The molecule has 1 aliphatic rings. The molecular formula is C15H22O4. The fourth-order valence-corrected chi connectivity index (χ4v) is 2.17. The van der Waals surface area contributed by atoms with E-state index in [1.807, 2.05) is 12.1 Å². The van der Waals surface area contributed by atoms with Gasteiger partial charge in [-0.05, 0) is 30.4 Å². The summed E-state index contributed by atoms with van der Waals surface area (Å²) in [6, 6.07) is 3.80. The van der Waals surface area contributed by atoms with Crippen molar-refractivity contribution in [2.75, 3.05) is 13.4 Å². The van der Waals surface area contributed by atoms with E-state index in [1.165, 1.54) is 0 Å². The molecule has 1 aromatic rings. The van der Waals surface area contributed by atoms with Crippen molar-refractivity contribution in [3.8, 4) is 17.2 Å². The standard InChI is InChI=1S/C15H22O4/c1-4-11-6-14-15(19-9-18-14)7-13(11)17-8-12(16)5-10(2)3/h6-7,10,12,16H,4-5,8-9H2,1-3H3/t12-/m1/s1. The zero-order chi connectivity index (χ0) is 13.8. The Morgan fingerprint density at radius 3 is 2.58 bits per heavy atom. The van der Waals surface area contributed by atoms with E-state index < -0.39 is 6.10 Å². The largest absolute Gasteiger partial charge is 0.490 e. The molecule has 4 nitrogen and oxygen atoms in total. The normalized spacial score (nSPS) is 14.8. The number of hydrogen-bond donors (Lipinski definition) is 1. The number of aliphatic hydroxyl groups is 1. The first kappa shape index (κ1) is 14.0. The number of hydrogen-bond acceptors (Lipinski definition) is 4. The maximum atomic E-state index is 9.86. The molecular weight excluding hydrogens is 244 g/mol. The number of rotatable bonds is 6. The summed E-state index contributed by atoms with van der Waals surface area (Å²) in [6.07, 6.45) is 1.16. The third-order valence-electron chi connectivity index (χ3n) is 3.11. The van der Waals surface area contributed by atoms with Crippen molar-refractivity contribution in [1.29, 1.82) is 0 Å². The maximum Gasteiger partial charge on any atom is 0.231 e. The second-order valence-electron chi connectivity index (χ2n) is 5.26. The molecule has 0 unspecified atom stereocenters. The van der Waals surface area contributed by atoms with Crippen molar-refractivity contribution in [3.05, 3.63) is 17.7 Å². The van der Waals surface area contributed by atoms with Gasteiger partial charge in [-0.25, -0.2) is 0 Å². The lowest BCUT2D eigenvalue weighted by atomic mass is 10.1. The first-order valence-corrected chi connectivity index (χ1v) is 6.83. The maximum absolute atomic E-state index is 9.86. The van der Waals surface area contributed by atoms with Crippen LogP contribution in [-0.2, 0) is 6.42 Å². The minimum atomic E-state index is -0.435. The number of aryl methyl sites for hydroxylation is 1. The zero-order valence-corrected chi connectivity index (χ0v) is 11.8. The summed E-state index contributed by atoms with van der Waals surface area (Å²) in [6.45, 7) is 6.81. The SMILES string of the molecule is CCc1cc2c(cc1OC[C@H](O)CC(C)C)OCO2. The average molecular weight is 266 g/mol. The molecule has 1 heterocycles. The van der Waals surface area contributed by atoms with E-state index in [9.17, 15) is 5.11 Å². The predicted molar refractivity (Wildman–Crippen MR) is 72.9 cm³/mol. The Labute approximate surface area is 114 Å². The molecule has 2 rings (SSSR count). The molecule has 0 bridgehead atoms. The lowest BCUT2D eigenvalue weighted by Crippen LogP contribution is -2.19. The predicted octanol–water partition coefficient (Wildman–Crippen LogP) is 2.76. The van der Waals surface area contributed by atoms with E-state index in [0.29, 0.717) is 18.3 Å². The number of ether oxygens (including phenoxy) is 3. The minimum absolute atomic E-state index is 0.262. The van der Waals surface area contributed by atoms with Crippen LogP contribution in [0.15, 0.2) is 12.1 Å². The Balaban J connectivity index is 2.03. The summed E-state index contributed by atoms with van der Waals surface area (Å²) in [4.78, 5) is 0. The molecule has 4 heteroatoms. The van der Waals surface area contributed by atoms with E-state index in [2.05, 4.69) is 20.8 Å². The fraction of sp³-hybridized carbons (Fsp3) is 0.600. The molecule has 1 N–H and O–H groups in total. The second kappa shape index (κ2) is 6.15. The average Bonchev–Trinajstić information content (AvgIpc) is 2.81. The van der Waals surface area contributed by atoms with Crippen LogP contribution in [0, 0.1) is 5.92 Å². The highest BCUT2D eigenvalue weighted by Gasteiger charge is 2.18. The summed E-state index contributed by atoms with van der Waals surface area (Å²) >= 11 is 0. The second-order valence-corrected chi connectivity index (χ2v) is 5.26. The van der Waals surface area contributed by atoms with E-state index in [4.69, 9.17) is 14.2 Å². The third kappa shape index (κ3) is 3.53. The lowest BCUT2D eigenvalue weighted by Gasteiger charge is -2.16. The highest BCUT2D eigenvalue weighted by atomic mass is 16.7. The summed E-state index contributed by atoms with van der Waals surface area (Å²) in [5.41, 5.74) is 1.07. The van der Waals surface area contributed by atoms with Crippen molar-refractivity contribution >= 4 is 0 Å². The fourth-order valence-electron chi connectivity index (χ4n) is 2.17. The van der Waals surface area contributed by atoms with Crippen molar-refractivity contribution in [2.24, 2.45) is 5.92 Å². The highest BCUT2D eigenvalue weighted by Crippen LogP contribution is 2.38. The van der Waals surface area contributed by atoms with Crippen LogP contribution in [0.5, 0.6) is 17.2 Å². The van der Waals surface area contributed by atoms with Gasteiger partial charge >= 0.3 is 0 Å². The van der Waals surface area contributed by atoms with Crippen LogP contribution in [0.25, 0.3) is 0 Å². The Kier molecular flexibility index (Phi) is 4.53. The van der Waals surface area contributed by atoms with E-state index in [-0.39, 0.29) is 6.79 Å². The van der Waals surface area contributed by atoms with Gasteiger partial charge in [0.05, 0.1) is 6.10 Å². The van der Waals surface area contributed by atoms with Crippen LogP contribution in [0.4, 0.5) is 0 Å². The molecule has 0 amide bonds. The molecule has 1 aromatic carbocycles. The molecule has 19 heavy (non-hydrogen) atoms. The molecule has 106 valence electrons. The van der Waals surface area contributed by atoms with Crippen LogP contribution in [0.3, 0.4) is 0 Å². The molecule has 0 fully saturated rings. The molecule has 0 saturated carbocycles. The Bertz CT molecular complexity index is 428. The van der Waals surface area contributed by atoms with Crippen LogP contribution in [0.1, 0.15) is 32.8 Å². The van der Waals surface area contributed by atoms with Gasteiger partial charge in [0.2, 0.25) is 6.79 Å². The third-order valence-corrected chi connectivity index (χ3v) is 3.11. The van der Waals surface area contributed by atoms with Gasteiger partial charge in [-0.1, -0.05) is 20.8 Å². The monoisotopic (exact) mass is 266 g/mol. The minimum Gasteiger partial charge on any atom is -0.490 e. The molecule has 0 radical (unpaired) electrons. The highest BCUT2D eigenvalue weighted by molar-refractivity contribution is 5.51. The Morgan fingerprint density at radius 2 is 1.95 bits per heavy atom. The van der Waals surface area contributed by atoms with Crippen molar-refractivity contribution < 1.29 is 19.3 Å². The molecule has 0 aromatic heterocycles. The summed E-state index contributed by atoms with van der Waals surface area (Å²) in [5.74, 6) is 2.72. The summed E-state index contributed by atoms with van der Waals surface area (Å²) in [7, 11) is 0. The van der Waals surface area contributed by atoms with Gasteiger partial charge < -0.3 is 19.3 Å². The zero-order valence-electron chi connectivity index (χ0n) is 11.8. The van der Waals surface area contributed by atoms with E-state index >= 15 is 0 Å². The topological polar surface area (TPSA) is 47.9 Å². The van der Waals surface area contributed by atoms with Crippen LogP contribution >= 0.6 is 0 Å². The molecule has 0 spiro atoms. The van der Waals surface area contributed by atoms with Gasteiger partial charge in [-0.15, -0.1) is 0 Å².